The van der Waals surface area contributed by atoms with Crippen LogP contribution in [0.5, 0.6) is 5.75 Å². The number of aromatic hydroxyl groups is 1. The number of amides is 1. The number of carbonyl (C=O) groups excluding carboxylic acids is 1. The molecule has 0 aliphatic rings. The highest BCUT2D eigenvalue weighted by Gasteiger charge is 2.18. The van der Waals surface area contributed by atoms with Crippen molar-refractivity contribution < 1.29 is 15.1 Å². The van der Waals surface area contributed by atoms with E-state index >= 15 is 0 Å². The maximum absolute atomic E-state index is 11.9. The summed E-state index contributed by atoms with van der Waals surface area (Å²) in [5.74, 6) is -0.600. The van der Waals surface area contributed by atoms with E-state index in [4.69, 9.17) is 10.9 Å². The number of nitrogens with two attached hydrogens (primary N) is 1. The molecule has 98 valence electrons. The SMILES string of the molecule is CCC(NC(=O)c1cccc(C)c1O)/C(N)=N/O. The van der Waals surface area contributed by atoms with E-state index in [-0.39, 0.29) is 17.1 Å². The average Bonchev–Trinajstić information content (AvgIpc) is 2.37. The molecule has 6 nitrogen and oxygen atoms in total. The molecule has 0 radical (unpaired) electrons. The smallest absolute Gasteiger partial charge is 0.255 e. The van der Waals surface area contributed by atoms with Gasteiger partial charge in [-0.05, 0) is 25.0 Å². The summed E-state index contributed by atoms with van der Waals surface area (Å²) in [6, 6.07) is 4.32. The van der Waals surface area contributed by atoms with Crippen LogP contribution in [0.3, 0.4) is 0 Å². The topological polar surface area (TPSA) is 108 Å². The molecule has 0 aromatic heterocycles. The molecule has 0 aliphatic heterocycles. The van der Waals surface area contributed by atoms with Crippen molar-refractivity contribution in [2.24, 2.45) is 10.9 Å². The van der Waals surface area contributed by atoms with Crippen molar-refractivity contribution in [3.8, 4) is 5.75 Å². The van der Waals surface area contributed by atoms with Gasteiger partial charge in [0.15, 0.2) is 5.84 Å². The summed E-state index contributed by atoms with van der Waals surface area (Å²) >= 11 is 0. The number of rotatable bonds is 4. The van der Waals surface area contributed by atoms with Gasteiger partial charge in [-0.2, -0.15) is 0 Å². The van der Waals surface area contributed by atoms with E-state index in [0.717, 1.165) is 0 Å². The molecule has 0 heterocycles. The molecule has 1 aromatic carbocycles. The fourth-order valence-electron chi connectivity index (χ4n) is 1.53. The average molecular weight is 251 g/mol. The summed E-state index contributed by atoms with van der Waals surface area (Å²) in [6.45, 7) is 3.49. The van der Waals surface area contributed by atoms with E-state index in [1.54, 1.807) is 26.0 Å². The van der Waals surface area contributed by atoms with Crippen LogP contribution in [0, 0.1) is 6.92 Å². The Bertz CT molecular complexity index is 472. The van der Waals surface area contributed by atoms with E-state index in [1.807, 2.05) is 0 Å². The van der Waals surface area contributed by atoms with Crippen LogP contribution < -0.4 is 11.1 Å². The summed E-state index contributed by atoms with van der Waals surface area (Å²) < 4.78 is 0. The van der Waals surface area contributed by atoms with Gasteiger partial charge in [0, 0.05) is 0 Å². The van der Waals surface area contributed by atoms with Gasteiger partial charge >= 0.3 is 0 Å². The molecule has 1 rings (SSSR count). The van der Waals surface area contributed by atoms with Crippen LogP contribution in [0.2, 0.25) is 0 Å². The van der Waals surface area contributed by atoms with Crippen LogP contribution in [-0.4, -0.2) is 28.1 Å². The number of oxime groups is 1. The molecule has 1 atom stereocenters. The first-order valence-corrected chi connectivity index (χ1v) is 5.58. The number of para-hydroxylation sites is 1. The molecule has 0 bridgehead atoms. The Hall–Kier alpha value is -2.24. The van der Waals surface area contributed by atoms with Crippen molar-refractivity contribution in [3.63, 3.8) is 0 Å². The van der Waals surface area contributed by atoms with Gasteiger partial charge in [0.25, 0.3) is 5.91 Å². The lowest BCUT2D eigenvalue weighted by atomic mass is 10.1. The van der Waals surface area contributed by atoms with Gasteiger partial charge in [-0.1, -0.05) is 24.2 Å². The van der Waals surface area contributed by atoms with Crippen LogP contribution in [0.15, 0.2) is 23.4 Å². The molecule has 0 aliphatic carbocycles. The van der Waals surface area contributed by atoms with Crippen molar-refractivity contribution >= 4 is 11.7 Å². The summed E-state index contributed by atoms with van der Waals surface area (Å²) in [6.07, 6.45) is 0.480. The second-order valence-electron chi connectivity index (χ2n) is 3.93. The zero-order chi connectivity index (χ0) is 13.7. The van der Waals surface area contributed by atoms with Crippen LogP contribution in [0.25, 0.3) is 0 Å². The highest BCUT2D eigenvalue weighted by Crippen LogP contribution is 2.21. The van der Waals surface area contributed by atoms with Gasteiger partial charge < -0.3 is 21.4 Å². The maximum Gasteiger partial charge on any atom is 0.255 e. The lowest BCUT2D eigenvalue weighted by Gasteiger charge is -2.16. The monoisotopic (exact) mass is 251 g/mol. The number of nitrogens with one attached hydrogen (secondary N) is 1. The lowest BCUT2D eigenvalue weighted by molar-refractivity contribution is 0.0943. The van der Waals surface area contributed by atoms with Crippen molar-refractivity contribution in [2.75, 3.05) is 0 Å². The van der Waals surface area contributed by atoms with Crippen molar-refractivity contribution in [1.29, 1.82) is 0 Å². The Balaban J connectivity index is 2.91. The number of hydrogen-bond acceptors (Lipinski definition) is 4. The third-order valence-electron chi connectivity index (χ3n) is 2.67. The predicted molar refractivity (Wildman–Crippen MR) is 67.8 cm³/mol. The Kier molecular flexibility index (Phi) is 4.53. The molecule has 1 aromatic rings. The van der Waals surface area contributed by atoms with Crippen LogP contribution in [-0.2, 0) is 0 Å². The number of phenols is 1. The largest absolute Gasteiger partial charge is 0.507 e. The summed E-state index contributed by atoms with van der Waals surface area (Å²) in [5.41, 5.74) is 6.22. The first-order valence-electron chi connectivity index (χ1n) is 5.58. The molecule has 0 fully saturated rings. The van der Waals surface area contributed by atoms with Gasteiger partial charge in [-0.15, -0.1) is 0 Å². The molecule has 6 heteroatoms. The summed E-state index contributed by atoms with van der Waals surface area (Å²) in [7, 11) is 0. The molecular weight excluding hydrogens is 234 g/mol. The van der Waals surface area contributed by atoms with Gasteiger partial charge in [0.1, 0.15) is 5.75 Å². The van der Waals surface area contributed by atoms with Crippen LogP contribution in [0.4, 0.5) is 0 Å². The Morgan fingerprint density at radius 2 is 2.22 bits per heavy atom. The third kappa shape index (κ3) is 2.91. The molecule has 1 unspecified atom stereocenters. The molecule has 0 saturated heterocycles. The number of amidine groups is 1. The number of carbonyl (C=O) groups is 1. The zero-order valence-corrected chi connectivity index (χ0v) is 10.3. The molecule has 18 heavy (non-hydrogen) atoms. The van der Waals surface area contributed by atoms with Gasteiger partial charge in [0.2, 0.25) is 0 Å². The van der Waals surface area contributed by atoms with E-state index in [2.05, 4.69) is 10.5 Å². The summed E-state index contributed by atoms with van der Waals surface area (Å²) in [4.78, 5) is 11.9. The first-order chi connectivity index (χ1) is 8.51. The third-order valence-corrected chi connectivity index (χ3v) is 2.67. The van der Waals surface area contributed by atoms with E-state index in [9.17, 15) is 9.90 Å². The fourth-order valence-corrected chi connectivity index (χ4v) is 1.53. The lowest BCUT2D eigenvalue weighted by Crippen LogP contribution is -2.44. The standard InChI is InChI=1S/C12H17N3O3/c1-3-9(11(13)15-18)14-12(17)8-6-4-5-7(2)10(8)16/h4-6,9,16,18H,3H2,1-2H3,(H2,13,15)(H,14,17). The number of aryl methyl sites for hydroxylation is 1. The van der Waals surface area contributed by atoms with Gasteiger partial charge in [-0.25, -0.2) is 0 Å². The number of phenolic OH excluding ortho intramolecular Hbond substituents is 1. The minimum atomic E-state index is -0.567. The highest BCUT2D eigenvalue weighted by molar-refractivity contribution is 6.00. The zero-order valence-electron chi connectivity index (χ0n) is 10.3. The minimum absolute atomic E-state index is 0.0654. The summed E-state index contributed by atoms with van der Waals surface area (Å²) in [5, 5.41) is 23.8. The van der Waals surface area contributed by atoms with Crippen LogP contribution in [0.1, 0.15) is 29.3 Å². The molecular formula is C12H17N3O3. The number of nitrogens with zero attached hydrogens (tertiary/aromatic N) is 1. The quantitative estimate of drug-likeness (QED) is 0.276. The van der Waals surface area contributed by atoms with E-state index < -0.39 is 11.9 Å². The van der Waals surface area contributed by atoms with Crippen molar-refractivity contribution in [3.05, 3.63) is 29.3 Å². The van der Waals surface area contributed by atoms with E-state index in [1.165, 1.54) is 6.07 Å². The maximum atomic E-state index is 11.9. The number of benzene rings is 1. The first kappa shape index (κ1) is 13.8. The highest BCUT2D eigenvalue weighted by atomic mass is 16.4. The molecule has 1 amide bonds. The minimum Gasteiger partial charge on any atom is -0.507 e. The Morgan fingerprint density at radius 1 is 1.56 bits per heavy atom. The van der Waals surface area contributed by atoms with E-state index in [0.29, 0.717) is 12.0 Å². The van der Waals surface area contributed by atoms with Crippen molar-refractivity contribution in [1.82, 2.24) is 5.32 Å². The number of hydrogen-bond donors (Lipinski definition) is 4. The molecule has 0 saturated carbocycles. The predicted octanol–water partition coefficient (Wildman–Crippen LogP) is 0.955. The second-order valence-corrected chi connectivity index (χ2v) is 3.93. The van der Waals surface area contributed by atoms with Gasteiger partial charge in [0.05, 0.1) is 11.6 Å². The second kappa shape index (κ2) is 5.90. The fraction of sp³-hybridized carbons (Fsp3) is 0.333. The van der Waals surface area contributed by atoms with Gasteiger partial charge in [-0.3, -0.25) is 4.79 Å². The molecule has 0 spiro atoms. The molecule has 5 N–H and O–H groups in total. The van der Waals surface area contributed by atoms with Crippen molar-refractivity contribution in [2.45, 2.75) is 26.3 Å². The van der Waals surface area contributed by atoms with Crippen LogP contribution >= 0.6 is 0 Å². The Labute approximate surface area is 105 Å². The normalized spacial score (nSPS) is 13.1. The Morgan fingerprint density at radius 3 is 2.78 bits per heavy atom.